The molecular weight excluding hydrogens is 411 g/mol. The standard InChI is InChI=1S/C24H25FN4O3/c1-16-4-9-20(25)21(12-16)32-23-13-22(26-15-27-23)28-10-11-29(17(2)14-28)24(30)18-5-7-19(31-3)8-6-18/h4-9,12-13,15,17H,10-11,14H2,1-3H3/t17-/m0/s1. The smallest absolute Gasteiger partial charge is 0.254 e. The lowest BCUT2D eigenvalue weighted by molar-refractivity contribution is 0.0673. The average Bonchev–Trinajstić information content (AvgIpc) is 2.81. The van der Waals surface area contributed by atoms with Gasteiger partial charge >= 0.3 is 0 Å². The van der Waals surface area contributed by atoms with Gasteiger partial charge in [0.05, 0.1) is 7.11 Å². The number of anilines is 1. The van der Waals surface area contributed by atoms with Gasteiger partial charge in [0.15, 0.2) is 11.6 Å². The number of amides is 1. The van der Waals surface area contributed by atoms with Crippen LogP contribution < -0.4 is 14.4 Å². The summed E-state index contributed by atoms with van der Waals surface area (Å²) in [5.74, 6) is 1.32. The molecule has 0 N–H and O–H groups in total. The molecular formula is C24H25FN4O3. The third kappa shape index (κ3) is 4.64. The van der Waals surface area contributed by atoms with Gasteiger partial charge in [0, 0.05) is 37.3 Å². The molecule has 0 radical (unpaired) electrons. The van der Waals surface area contributed by atoms with Crippen LogP contribution in [-0.4, -0.2) is 53.6 Å². The first-order valence-corrected chi connectivity index (χ1v) is 10.4. The first-order valence-electron chi connectivity index (χ1n) is 10.4. The molecule has 1 fully saturated rings. The van der Waals surface area contributed by atoms with Crippen molar-refractivity contribution >= 4 is 11.7 Å². The molecule has 0 saturated carbocycles. The van der Waals surface area contributed by atoms with Gasteiger partial charge in [0.1, 0.15) is 17.9 Å². The van der Waals surface area contributed by atoms with Gasteiger partial charge in [0.2, 0.25) is 5.88 Å². The third-order valence-electron chi connectivity index (χ3n) is 5.48. The fourth-order valence-electron chi connectivity index (χ4n) is 3.73. The summed E-state index contributed by atoms with van der Waals surface area (Å²) in [6, 6.07) is 13.5. The third-order valence-corrected chi connectivity index (χ3v) is 5.48. The fourth-order valence-corrected chi connectivity index (χ4v) is 3.73. The zero-order chi connectivity index (χ0) is 22.7. The van der Waals surface area contributed by atoms with Gasteiger partial charge in [-0.2, -0.15) is 0 Å². The van der Waals surface area contributed by atoms with Crippen LogP contribution in [0.2, 0.25) is 0 Å². The predicted molar refractivity (Wildman–Crippen MR) is 119 cm³/mol. The summed E-state index contributed by atoms with van der Waals surface area (Å²) in [6.45, 7) is 5.65. The molecule has 1 aliphatic rings. The number of methoxy groups -OCH3 is 1. The maximum absolute atomic E-state index is 14.0. The van der Waals surface area contributed by atoms with E-state index in [1.807, 2.05) is 18.7 Å². The number of piperazine rings is 1. The molecule has 0 spiro atoms. The number of rotatable bonds is 5. The Kier molecular flexibility index (Phi) is 6.20. The van der Waals surface area contributed by atoms with E-state index in [1.165, 1.54) is 12.4 Å². The molecule has 2 heterocycles. The van der Waals surface area contributed by atoms with Gasteiger partial charge in [-0.15, -0.1) is 0 Å². The van der Waals surface area contributed by atoms with Crippen LogP contribution in [0.4, 0.5) is 10.2 Å². The normalized spacial score (nSPS) is 16.1. The van der Waals surface area contributed by atoms with E-state index in [9.17, 15) is 9.18 Å². The zero-order valence-corrected chi connectivity index (χ0v) is 18.3. The first kappa shape index (κ1) is 21.5. The summed E-state index contributed by atoms with van der Waals surface area (Å²) >= 11 is 0. The summed E-state index contributed by atoms with van der Waals surface area (Å²) in [5, 5.41) is 0. The highest BCUT2D eigenvalue weighted by molar-refractivity contribution is 5.94. The Morgan fingerprint density at radius 2 is 1.88 bits per heavy atom. The molecule has 1 amide bonds. The maximum atomic E-state index is 14.0. The summed E-state index contributed by atoms with van der Waals surface area (Å²) in [5.41, 5.74) is 1.52. The fraction of sp³-hybridized carbons (Fsp3) is 0.292. The monoisotopic (exact) mass is 436 g/mol. The van der Waals surface area contributed by atoms with Crippen molar-refractivity contribution in [3.63, 3.8) is 0 Å². The lowest BCUT2D eigenvalue weighted by Gasteiger charge is -2.40. The number of halogens is 1. The van der Waals surface area contributed by atoms with Gasteiger partial charge in [-0.1, -0.05) is 6.07 Å². The maximum Gasteiger partial charge on any atom is 0.254 e. The number of ether oxygens (including phenoxy) is 2. The number of aryl methyl sites for hydroxylation is 1. The lowest BCUT2D eigenvalue weighted by atomic mass is 10.1. The van der Waals surface area contributed by atoms with E-state index in [4.69, 9.17) is 9.47 Å². The van der Waals surface area contributed by atoms with Crippen molar-refractivity contribution in [3.8, 4) is 17.4 Å². The Balaban J connectivity index is 1.44. The minimum atomic E-state index is -0.449. The second-order valence-electron chi connectivity index (χ2n) is 7.77. The van der Waals surface area contributed by atoms with Gasteiger partial charge in [-0.05, 0) is 55.8 Å². The van der Waals surface area contributed by atoms with Gasteiger partial charge in [-0.25, -0.2) is 14.4 Å². The van der Waals surface area contributed by atoms with Crippen LogP contribution in [0.25, 0.3) is 0 Å². The number of nitrogens with zero attached hydrogens (tertiary/aromatic N) is 4. The van der Waals surface area contributed by atoms with E-state index >= 15 is 0 Å². The first-order chi connectivity index (χ1) is 15.4. The molecule has 8 heteroatoms. The second-order valence-corrected chi connectivity index (χ2v) is 7.77. The second kappa shape index (κ2) is 9.21. The molecule has 1 saturated heterocycles. The van der Waals surface area contributed by atoms with Crippen molar-refractivity contribution in [1.29, 1.82) is 0 Å². The van der Waals surface area contributed by atoms with E-state index < -0.39 is 5.82 Å². The van der Waals surface area contributed by atoms with Crippen molar-refractivity contribution in [3.05, 3.63) is 71.8 Å². The molecule has 0 bridgehead atoms. The molecule has 1 aromatic heterocycles. The molecule has 3 aromatic rings. The quantitative estimate of drug-likeness (QED) is 0.601. The zero-order valence-electron chi connectivity index (χ0n) is 18.3. The van der Waals surface area contributed by atoms with Crippen molar-refractivity contribution < 1.29 is 18.7 Å². The van der Waals surface area contributed by atoms with Crippen LogP contribution in [-0.2, 0) is 0 Å². The van der Waals surface area contributed by atoms with Crippen LogP contribution >= 0.6 is 0 Å². The summed E-state index contributed by atoms with van der Waals surface area (Å²) < 4.78 is 24.9. The van der Waals surface area contributed by atoms with Gasteiger partial charge < -0.3 is 19.3 Å². The van der Waals surface area contributed by atoms with Crippen LogP contribution in [0.3, 0.4) is 0 Å². The predicted octanol–water partition coefficient (Wildman–Crippen LogP) is 4.08. The summed E-state index contributed by atoms with van der Waals surface area (Å²) in [6.07, 6.45) is 1.40. The Hall–Kier alpha value is -3.68. The van der Waals surface area contributed by atoms with Crippen LogP contribution in [0.15, 0.2) is 54.9 Å². The molecule has 0 aliphatic carbocycles. The average molecular weight is 436 g/mol. The Labute approximate surface area is 186 Å². The summed E-state index contributed by atoms with van der Waals surface area (Å²) in [4.78, 5) is 25.4. The topological polar surface area (TPSA) is 67.8 Å². The molecule has 166 valence electrons. The van der Waals surface area contributed by atoms with E-state index in [2.05, 4.69) is 14.9 Å². The van der Waals surface area contributed by atoms with Gasteiger partial charge in [-0.3, -0.25) is 4.79 Å². The molecule has 32 heavy (non-hydrogen) atoms. The summed E-state index contributed by atoms with van der Waals surface area (Å²) in [7, 11) is 1.60. The van der Waals surface area contributed by atoms with Crippen LogP contribution in [0.1, 0.15) is 22.8 Å². The van der Waals surface area contributed by atoms with Crippen molar-refractivity contribution in [2.75, 3.05) is 31.6 Å². The highest BCUT2D eigenvalue weighted by Crippen LogP contribution is 2.27. The molecule has 7 nitrogen and oxygen atoms in total. The van der Waals surface area contributed by atoms with Crippen LogP contribution in [0.5, 0.6) is 17.4 Å². The van der Waals surface area contributed by atoms with E-state index in [1.54, 1.807) is 49.6 Å². The van der Waals surface area contributed by atoms with Crippen molar-refractivity contribution in [2.24, 2.45) is 0 Å². The number of hydrogen-bond acceptors (Lipinski definition) is 6. The molecule has 1 aliphatic heterocycles. The SMILES string of the molecule is COc1ccc(C(=O)N2CCN(c3cc(Oc4cc(C)ccc4F)ncn3)C[C@@H]2C)cc1. The number of benzene rings is 2. The van der Waals surface area contributed by atoms with E-state index in [0.717, 1.165) is 5.56 Å². The molecule has 2 aromatic carbocycles. The molecule has 4 rings (SSSR count). The van der Waals surface area contributed by atoms with Crippen molar-refractivity contribution in [1.82, 2.24) is 14.9 Å². The minimum Gasteiger partial charge on any atom is -0.497 e. The van der Waals surface area contributed by atoms with Crippen molar-refractivity contribution in [2.45, 2.75) is 19.9 Å². The Morgan fingerprint density at radius 1 is 1.09 bits per heavy atom. The largest absolute Gasteiger partial charge is 0.497 e. The van der Waals surface area contributed by atoms with Crippen LogP contribution in [0, 0.1) is 12.7 Å². The van der Waals surface area contributed by atoms with E-state index in [-0.39, 0.29) is 23.6 Å². The minimum absolute atomic E-state index is 0.0126. The number of aromatic nitrogens is 2. The number of carbonyl (C=O) groups is 1. The molecule has 0 unspecified atom stereocenters. The lowest BCUT2D eigenvalue weighted by Crippen LogP contribution is -2.54. The van der Waals surface area contributed by atoms with Gasteiger partial charge in [0.25, 0.3) is 5.91 Å². The highest BCUT2D eigenvalue weighted by Gasteiger charge is 2.29. The Bertz CT molecular complexity index is 1110. The molecule has 1 atom stereocenters. The highest BCUT2D eigenvalue weighted by atomic mass is 19.1. The van der Waals surface area contributed by atoms with E-state index in [0.29, 0.717) is 36.8 Å². The number of hydrogen-bond donors (Lipinski definition) is 0. The Morgan fingerprint density at radius 3 is 2.59 bits per heavy atom. The number of carbonyl (C=O) groups excluding carboxylic acids is 1.